The van der Waals surface area contributed by atoms with Crippen molar-refractivity contribution < 1.29 is 18.7 Å². The van der Waals surface area contributed by atoms with Crippen molar-refractivity contribution >= 4 is 28.2 Å². The molecule has 3 aromatic carbocycles. The molecular weight excluding hydrogens is 559 g/mol. The second-order valence-corrected chi connectivity index (χ2v) is 11.8. The first-order chi connectivity index (χ1) is 21.3. The van der Waals surface area contributed by atoms with Crippen molar-refractivity contribution in [2.45, 2.75) is 51.2 Å². The number of aryl methyl sites for hydroxylation is 1. The number of H-pyrrole nitrogens is 1. The highest BCUT2D eigenvalue weighted by atomic mass is 19.1. The van der Waals surface area contributed by atoms with Crippen LogP contribution in [0.5, 0.6) is 17.2 Å². The highest BCUT2D eigenvalue weighted by molar-refractivity contribution is 6.12. The summed E-state index contributed by atoms with van der Waals surface area (Å²) in [6.45, 7) is 3.96. The highest BCUT2D eigenvalue weighted by Crippen LogP contribution is 2.34. The summed E-state index contributed by atoms with van der Waals surface area (Å²) in [4.78, 5) is 19.3. The van der Waals surface area contributed by atoms with Crippen LogP contribution in [0.2, 0.25) is 0 Å². The molecule has 0 bridgehead atoms. The van der Waals surface area contributed by atoms with Gasteiger partial charge >= 0.3 is 0 Å². The van der Waals surface area contributed by atoms with Gasteiger partial charge in [0.25, 0.3) is 0 Å². The van der Waals surface area contributed by atoms with Gasteiger partial charge in [0, 0.05) is 30.0 Å². The van der Waals surface area contributed by atoms with Crippen LogP contribution in [0.15, 0.2) is 66.9 Å². The number of rotatable bonds is 8. The van der Waals surface area contributed by atoms with Crippen molar-refractivity contribution in [1.82, 2.24) is 19.7 Å². The summed E-state index contributed by atoms with van der Waals surface area (Å²) in [6.07, 6.45) is 7.52. The predicted octanol–water partition coefficient (Wildman–Crippen LogP) is 6.38. The second kappa shape index (κ2) is 11.3. The molecule has 9 nitrogen and oxygen atoms in total. The van der Waals surface area contributed by atoms with Gasteiger partial charge in [0.05, 0.1) is 28.8 Å². The van der Waals surface area contributed by atoms with E-state index >= 15 is 0 Å². The number of anilines is 2. The molecule has 2 aromatic heterocycles. The van der Waals surface area contributed by atoms with Gasteiger partial charge in [-0.25, -0.2) is 9.07 Å². The predicted molar refractivity (Wildman–Crippen MR) is 168 cm³/mol. The average molecular weight is 595 g/mol. The monoisotopic (exact) mass is 594 g/mol. The van der Waals surface area contributed by atoms with Gasteiger partial charge in [-0.05, 0) is 86.7 Å². The second-order valence-electron chi connectivity index (χ2n) is 11.8. The van der Waals surface area contributed by atoms with E-state index in [1.807, 2.05) is 25.1 Å². The van der Waals surface area contributed by atoms with Gasteiger partial charge in [-0.1, -0.05) is 18.6 Å². The Balaban J connectivity index is 1.07. The number of benzene rings is 3. The van der Waals surface area contributed by atoms with Crippen molar-refractivity contribution in [3.63, 3.8) is 0 Å². The van der Waals surface area contributed by atoms with Crippen LogP contribution in [0.4, 0.5) is 15.9 Å². The molecule has 10 heteroatoms. The zero-order valence-electron chi connectivity index (χ0n) is 24.6. The lowest BCUT2D eigenvalue weighted by Crippen LogP contribution is -2.46. The number of nitrogen functional groups attached to an aromatic ring is 2. The fraction of sp³-hybridized carbons (Fsp3) is 0.294. The molecule has 0 amide bonds. The van der Waals surface area contributed by atoms with Gasteiger partial charge in [0.1, 0.15) is 23.4 Å². The first kappa shape index (κ1) is 28.0. The lowest BCUT2D eigenvalue weighted by Gasteiger charge is -2.41. The summed E-state index contributed by atoms with van der Waals surface area (Å²) in [5, 5.41) is 5.22. The van der Waals surface area contributed by atoms with Crippen LogP contribution in [0.1, 0.15) is 53.7 Å². The third-order valence-corrected chi connectivity index (χ3v) is 8.87. The standard InChI is InChI=1S/C34H35FN6O3/c1-20-15-23(9-10-30(20)44-31-8-3-2-7-26(31)35)41-34(37)25(19-38-41)33(42)29-16-21-17-32(27(36)18-28(21)39-29)43-24-11-13-40(14-12-24)22-5-4-6-22/h2-3,7-10,15-19,22,24,39H,4-6,11-14,36-37H2,1H3. The molecule has 1 saturated carbocycles. The van der Waals surface area contributed by atoms with Crippen molar-refractivity contribution in [3.05, 3.63) is 89.5 Å². The smallest absolute Gasteiger partial charge is 0.214 e. The number of fused-ring (bicyclic) bond motifs is 1. The van der Waals surface area contributed by atoms with Crippen LogP contribution in [0.25, 0.3) is 16.6 Å². The van der Waals surface area contributed by atoms with E-state index in [0.717, 1.165) is 48.4 Å². The number of carbonyl (C=O) groups is 1. The van der Waals surface area contributed by atoms with Crippen LogP contribution >= 0.6 is 0 Å². The summed E-state index contributed by atoms with van der Waals surface area (Å²) >= 11 is 0. The summed E-state index contributed by atoms with van der Waals surface area (Å²) in [5.41, 5.74) is 16.1. The van der Waals surface area contributed by atoms with Crippen LogP contribution in [0, 0.1) is 12.7 Å². The van der Waals surface area contributed by atoms with Crippen LogP contribution in [-0.4, -0.2) is 50.7 Å². The van der Waals surface area contributed by atoms with Crippen LogP contribution in [-0.2, 0) is 0 Å². The fourth-order valence-corrected chi connectivity index (χ4v) is 6.10. The zero-order chi connectivity index (χ0) is 30.4. The molecule has 226 valence electrons. The maximum Gasteiger partial charge on any atom is 0.214 e. The highest BCUT2D eigenvalue weighted by Gasteiger charge is 2.29. The first-order valence-corrected chi connectivity index (χ1v) is 15.1. The van der Waals surface area contributed by atoms with Crippen molar-refractivity contribution in [2.75, 3.05) is 24.6 Å². The van der Waals surface area contributed by atoms with E-state index in [-0.39, 0.29) is 29.0 Å². The van der Waals surface area contributed by atoms with Gasteiger partial charge in [-0.2, -0.15) is 5.10 Å². The zero-order valence-corrected chi connectivity index (χ0v) is 24.6. The molecule has 0 atom stereocenters. The van der Waals surface area contributed by atoms with E-state index in [9.17, 15) is 9.18 Å². The molecule has 1 saturated heterocycles. The molecular formula is C34H35FN6O3. The maximum absolute atomic E-state index is 14.1. The van der Waals surface area contributed by atoms with Crippen LogP contribution in [0.3, 0.4) is 0 Å². The van der Waals surface area contributed by atoms with Gasteiger partial charge in [0.15, 0.2) is 11.6 Å². The number of hydrogen-bond donors (Lipinski definition) is 3. The summed E-state index contributed by atoms with van der Waals surface area (Å²) < 4.78 is 27.7. The average Bonchev–Trinajstić information content (AvgIpc) is 3.58. The van der Waals surface area contributed by atoms with Crippen molar-refractivity contribution in [2.24, 2.45) is 0 Å². The number of piperidine rings is 1. The van der Waals surface area contributed by atoms with Crippen molar-refractivity contribution in [3.8, 4) is 22.9 Å². The summed E-state index contributed by atoms with van der Waals surface area (Å²) in [6, 6.07) is 17.8. The number of ether oxygens (including phenoxy) is 2. The van der Waals surface area contributed by atoms with E-state index in [1.165, 1.54) is 36.2 Å². The maximum atomic E-state index is 14.1. The lowest BCUT2D eigenvalue weighted by molar-refractivity contribution is 0.0497. The number of carbonyl (C=O) groups excluding carboxylic acids is 1. The summed E-state index contributed by atoms with van der Waals surface area (Å²) in [5.74, 6) is 0.748. The minimum atomic E-state index is -0.446. The topological polar surface area (TPSA) is 124 Å². The largest absolute Gasteiger partial charge is 0.488 e. The van der Waals surface area contributed by atoms with E-state index in [2.05, 4.69) is 15.0 Å². The molecule has 5 N–H and O–H groups in total. The summed E-state index contributed by atoms with van der Waals surface area (Å²) in [7, 11) is 0. The van der Waals surface area contributed by atoms with E-state index in [0.29, 0.717) is 28.6 Å². The molecule has 1 aliphatic heterocycles. The Morgan fingerprint density at radius 3 is 2.50 bits per heavy atom. The van der Waals surface area contributed by atoms with Crippen LogP contribution < -0.4 is 20.9 Å². The van der Waals surface area contributed by atoms with E-state index < -0.39 is 5.82 Å². The molecule has 0 unspecified atom stereocenters. The third-order valence-electron chi connectivity index (χ3n) is 8.87. The minimum Gasteiger partial charge on any atom is -0.488 e. The Hall–Kier alpha value is -4.83. The molecule has 0 radical (unpaired) electrons. The molecule has 7 rings (SSSR count). The fourth-order valence-electron chi connectivity index (χ4n) is 6.10. The Bertz CT molecular complexity index is 1850. The Morgan fingerprint density at radius 1 is 0.977 bits per heavy atom. The van der Waals surface area contributed by atoms with Crippen molar-refractivity contribution in [1.29, 1.82) is 0 Å². The number of hydrogen-bond acceptors (Lipinski definition) is 7. The molecule has 3 heterocycles. The lowest BCUT2D eigenvalue weighted by atomic mass is 9.90. The number of nitrogens with one attached hydrogen (secondary N) is 1. The van der Waals surface area contributed by atoms with Gasteiger partial charge < -0.3 is 30.8 Å². The Kier molecular flexibility index (Phi) is 7.21. The van der Waals surface area contributed by atoms with Gasteiger partial charge in [-0.15, -0.1) is 0 Å². The van der Waals surface area contributed by atoms with E-state index in [4.69, 9.17) is 20.9 Å². The van der Waals surface area contributed by atoms with Gasteiger partial charge in [-0.3, -0.25) is 4.79 Å². The minimum absolute atomic E-state index is 0.125. The number of nitrogens with zero attached hydrogens (tertiary/aromatic N) is 3. The molecule has 1 aliphatic carbocycles. The number of aromatic amines is 1. The van der Waals surface area contributed by atoms with E-state index in [1.54, 1.807) is 36.4 Å². The number of halogens is 1. The molecule has 44 heavy (non-hydrogen) atoms. The molecule has 2 aliphatic rings. The number of likely N-dealkylation sites (tertiary alicyclic amines) is 1. The number of ketones is 1. The Labute approximate surface area is 254 Å². The Morgan fingerprint density at radius 2 is 1.77 bits per heavy atom. The molecule has 0 spiro atoms. The SMILES string of the molecule is Cc1cc(-n2ncc(C(=O)c3cc4cc(OC5CCN(C6CCC6)CC5)c(N)cc4[nH]3)c2N)ccc1Oc1ccccc1F. The quantitative estimate of drug-likeness (QED) is 0.141. The molecule has 2 fully saturated rings. The first-order valence-electron chi connectivity index (χ1n) is 15.1. The normalized spacial score (nSPS) is 16.2. The number of aromatic nitrogens is 3. The number of nitrogens with two attached hydrogens (primary N) is 2. The molecule has 5 aromatic rings. The number of para-hydroxylation sites is 1. The third kappa shape index (κ3) is 5.26. The van der Waals surface area contributed by atoms with Gasteiger partial charge in [0.2, 0.25) is 5.78 Å².